The van der Waals surface area contributed by atoms with Gasteiger partial charge in [-0.05, 0) is 31.9 Å². The lowest BCUT2D eigenvalue weighted by molar-refractivity contribution is 0.0949. The Labute approximate surface area is 99.8 Å². The molecule has 0 aromatic carbocycles. The van der Waals surface area contributed by atoms with Crippen molar-refractivity contribution in [3.05, 3.63) is 23.0 Å². The van der Waals surface area contributed by atoms with Crippen LogP contribution < -0.4 is 10.6 Å². The summed E-state index contributed by atoms with van der Waals surface area (Å²) in [4.78, 5) is 14.4. The van der Waals surface area contributed by atoms with E-state index in [2.05, 4.69) is 15.6 Å². The number of amides is 1. The molecule has 5 heteroatoms. The van der Waals surface area contributed by atoms with E-state index in [1.807, 2.05) is 0 Å². The largest absolute Gasteiger partial charge is 0.356 e. The van der Waals surface area contributed by atoms with Crippen LogP contribution in [0, 0.1) is 0 Å². The number of H-pyrrole nitrogens is 1. The first-order valence-corrected chi connectivity index (χ1v) is 5.99. The van der Waals surface area contributed by atoms with Gasteiger partial charge in [-0.1, -0.05) is 11.6 Å². The van der Waals surface area contributed by atoms with Gasteiger partial charge in [0.1, 0.15) is 5.69 Å². The minimum Gasteiger partial charge on any atom is -0.356 e. The van der Waals surface area contributed by atoms with E-state index >= 15 is 0 Å². The van der Waals surface area contributed by atoms with Gasteiger partial charge in [0, 0.05) is 18.8 Å². The maximum absolute atomic E-state index is 11.5. The molecule has 0 spiro atoms. The average molecular weight is 242 g/mol. The Kier molecular flexibility index (Phi) is 3.85. The van der Waals surface area contributed by atoms with E-state index in [1.165, 1.54) is 12.8 Å². The molecule has 0 bridgehead atoms. The molecule has 0 saturated heterocycles. The van der Waals surface area contributed by atoms with Crippen molar-refractivity contribution < 1.29 is 4.79 Å². The number of aromatic amines is 1. The van der Waals surface area contributed by atoms with Gasteiger partial charge >= 0.3 is 0 Å². The summed E-state index contributed by atoms with van der Waals surface area (Å²) in [5.41, 5.74) is 0.514. The number of carbonyl (C=O) groups is 1. The van der Waals surface area contributed by atoms with Crippen LogP contribution in [0.25, 0.3) is 0 Å². The van der Waals surface area contributed by atoms with Crippen LogP contribution >= 0.6 is 11.6 Å². The second kappa shape index (κ2) is 5.37. The fourth-order valence-corrected chi connectivity index (χ4v) is 1.64. The van der Waals surface area contributed by atoms with Gasteiger partial charge in [-0.3, -0.25) is 4.79 Å². The molecule has 1 aromatic rings. The monoisotopic (exact) mass is 241 g/mol. The van der Waals surface area contributed by atoms with E-state index in [1.54, 1.807) is 12.3 Å². The van der Waals surface area contributed by atoms with E-state index in [4.69, 9.17) is 11.6 Å². The highest BCUT2D eigenvalue weighted by Gasteiger charge is 2.19. The van der Waals surface area contributed by atoms with Gasteiger partial charge in [-0.25, -0.2) is 0 Å². The zero-order valence-corrected chi connectivity index (χ0v) is 9.81. The van der Waals surface area contributed by atoms with Crippen LogP contribution in [0.5, 0.6) is 0 Å². The molecule has 0 radical (unpaired) electrons. The highest BCUT2D eigenvalue weighted by atomic mass is 35.5. The molecule has 0 unspecified atom stereocenters. The quantitative estimate of drug-likeness (QED) is 0.662. The standard InChI is InChI=1S/C11H16ClN3O/c12-8-6-10(15-7-8)11(16)14-5-1-4-13-9-2-3-9/h6-7,9,13,15H,1-5H2,(H,14,16). The van der Waals surface area contributed by atoms with Crippen molar-refractivity contribution in [1.82, 2.24) is 15.6 Å². The molecular weight excluding hydrogens is 226 g/mol. The summed E-state index contributed by atoms with van der Waals surface area (Å²) in [5, 5.41) is 6.79. The molecule has 1 aromatic heterocycles. The van der Waals surface area contributed by atoms with Crippen molar-refractivity contribution >= 4 is 17.5 Å². The number of hydrogen-bond acceptors (Lipinski definition) is 2. The Morgan fingerprint density at radius 2 is 2.31 bits per heavy atom. The minimum atomic E-state index is -0.0988. The highest BCUT2D eigenvalue weighted by molar-refractivity contribution is 6.30. The first kappa shape index (κ1) is 11.5. The summed E-state index contributed by atoms with van der Waals surface area (Å²) in [7, 11) is 0. The fraction of sp³-hybridized carbons (Fsp3) is 0.545. The summed E-state index contributed by atoms with van der Waals surface area (Å²) in [6, 6.07) is 2.36. The van der Waals surface area contributed by atoms with E-state index < -0.39 is 0 Å². The second-order valence-corrected chi connectivity index (χ2v) is 4.51. The zero-order chi connectivity index (χ0) is 11.4. The van der Waals surface area contributed by atoms with Crippen molar-refractivity contribution in [2.75, 3.05) is 13.1 Å². The van der Waals surface area contributed by atoms with Gasteiger partial charge in [0.2, 0.25) is 0 Å². The first-order chi connectivity index (χ1) is 7.75. The van der Waals surface area contributed by atoms with Crippen molar-refractivity contribution in [1.29, 1.82) is 0 Å². The van der Waals surface area contributed by atoms with E-state index in [-0.39, 0.29) is 5.91 Å². The third kappa shape index (κ3) is 3.54. The summed E-state index contributed by atoms with van der Waals surface area (Å²) in [5.74, 6) is -0.0988. The number of carbonyl (C=O) groups excluding carboxylic acids is 1. The van der Waals surface area contributed by atoms with Crippen LogP contribution in [0.1, 0.15) is 29.8 Å². The summed E-state index contributed by atoms with van der Waals surface area (Å²) < 4.78 is 0. The molecule has 1 saturated carbocycles. The molecule has 88 valence electrons. The zero-order valence-electron chi connectivity index (χ0n) is 9.05. The van der Waals surface area contributed by atoms with Gasteiger partial charge in [-0.15, -0.1) is 0 Å². The van der Waals surface area contributed by atoms with E-state index in [0.29, 0.717) is 17.3 Å². The average Bonchev–Trinajstić information content (AvgIpc) is 2.99. The normalized spacial score (nSPS) is 15.1. The predicted octanol–water partition coefficient (Wildman–Crippen LogP) is 1.54. The third-order valence-electron chi connectivity index (χ3n) is 2.54. The molecule has 1 heterocycles. The topological polar surface area (TPSA) is 56.9 Å². The van der Waals surface area contributed by atoms with Crippen LogP contribution in [0.15, 0.2) is 12.3 Å². The van der Waals surface area contributed by atoms with Crippen LogP contribution in [0.2, 0.25) is 5.02 Å². The lowest BCUT2D eigenvalue weighted by Gasteiger charge is -2.04. The van der Waals surface area contributed by atoms with Crippen LogP contribution in [-0.2, 0) is 0 Å². The summed E-state index contributed by atoms with van der Waals surface area (Å²) in [6.45, 7) is 1.66. The van der Waals surface area contributed by atoms with Crippen molar-refractivity contribution in [3.8, 4) is 0 Å². The molecule has 16 heavy (non-hydrogen) atoms. The van der Waals surface area contributed by atoms with Gasteiger partial charge in [0.15, 0.2) is 0 Å². The van der Waals surface area contributed by atoms with Gasteiger partial charge in [0.05, 0.1) is 5.02 Å². The number of halogens is 1. The maximum atomic E-state index is 11.5. The summed E-state index contributed by atoms with van der Waals surface area (Å²) >= 11 is 5.71. The molecule has 0 aliphatic heterocycles. The minimum absolute atomic E-state index is 0.0988. The van der Waals surface area contributed by atoms with Gasteiger partial charge in [0.25, 0.3) is 5.91 Å². The Bertz CT molecular complexity index is 360. The molecule has 1 amide bonds. The number of nitrogens with one attached hydrogen (secondary N) is 3. The third-order valence-corrected chi connectivity index (χ3v) is 2.76. The van der Waals surface area contributed by atoms with Crippen LogP contribution in [0.3, 0.4) is 0 Å². The van der Waals surface area contributed by atoms with Crippen LogP contribution in [-0.4, -0.2) is 30.0 Å². The van der Waals surface area contributed by atoms with E-state index in [0.717, 1.165) is 19.0 Å². The van der Waals surface area contributed by atoms with Crippen molar-refractivity contribution in [2.24, 2.45) is 0 Å². The first-order valence-electron chi connectivity index (χ1n) is 5.61. The summed E-state index contributed by atoms with van der Waals surface area (Å²) in [6.07, 6.45) is 5.16. The molecule has 2 rings (SSSR count). The fourth-order valence-electron chi connectivity index (χ4n) is 1.48. The highest BCUT2D eigenvalue weighted by Crippen LogP contribution is 2.18. The number of rotatable bonds is 6. The second-order valence-electron chi connectivity index (χ2n) is 4.07. The Balaban J connectivity index is 1.59. The molecule has 1 aliphatic carbocycles. The Morgan fingerprint density at radius 3 is 2.94 bits per heavy atom. The van der Waals surface area contributed by atoms with Crippen molar-refractivity contribution in [3.63, 3.8) is 0 Å². The Hall–Kier alpha value is -1.00. The lowest BCUT2D eigenvalue weighted by Crippen LogP contribution is -2.28. The van der Waals surface area contributed by atoms with Gasteiger partial charge in [-0.2, -0.15) is 0 Å². The SMILES string of the molecule is O=C(NCCCNC1CC1)c1cc(Cl)c[nH]1. The van der Waals surface area contributed by atoms with Gasteiger partial charge < -0.3 is 15.6 Å². The smallest absolute Gasteiger partial charge is 0.267 e. The molecular formula is C11H16ClN3O. The predicted molar refractivity (Wildman–Crippen MR) is 63.8 cm³/mol. The number of hydrogen-bond donors (Lipinski definition) is 3. The molecule has 1 aliphatic rings. The maximum Gasteiger partial charge on any atom is 0.267 e. The lowest BCUT2D eigenvalue weighted by atomic mass is 10.3. The van der Waals surface area contributed by atoms with Crippen LogP contribution in [0.4, 0.5) is 0 Å². The van der Waals surface area contributed by atoms with E-state index in [9.17, 15) is 4.79 Å². The molecule has 3 N–H and O–H groups in total. The molecule has 1 fully saturated rings. The van der Waals surface area contributed by atoms with Crippen molar-refractivity contribution in [2.45, 2.75) is 25.3 Å². The molecule has 4 nitrogen and oxygen atoms in total. The number of aromatic nitrogens is 1. The molecule has 0 atom stereocenters. The Morgan fingerprint density at radius 1 is 1.50 bits per heavy atom.